The number of nitrogens with zero attached hydrogens (tertiary/aromatic N) is 2. The summed E-state index contributed by atoms with van der Waals surface area (Å²) in [5.74, 6) is 0.340. The highest BCUT2D eigenvalue weighted by molar-refractivity contribution is 5.09. The molecular formula is C12H20N2O. The van der Waals surface area contributed by atoms with Crippen molar-refractivity contribution >= 4 is 0 Å². The lowest BCUT2D eigenvalue weighted by molar-refractivity contribution is 0.173. The van der Waals surface area contributed by atoms with Gasteiger partial charge in [0.15, 0.2) is 0 Å². The van der Waals surface area contributed by atoms with Crippen LogP contribution >= 0.6 is 0 Å². The Balaban J connectivity index is 2.47. The van der Waals surface area contributed by atoms with Crippen LogP contribution in [0.3, 0.4) is 0 Å². The quantitative estimate of drug-likeness (QED) is 0.770. The molecule has 84 valence electrons. The van der Waals surface area contributed by atoms with Crippen LogP contribution in [0, 0.1) is 5.92 Å². The minimum atomic E-state index is 0.257. The van der Waals surface area contributed by atoms with Gasteiger partial charge in [0.05, 0.1) is 0 Å². The molecule has 1 atom stereocenters. The highest BCUT2D eigenvalue weighted by Crippen LogP contribution is 2.05. The van der Waals surface area contributed by atoms with Crippen molar-refractivity contribution in [1.29, 1.82) is 0 Å². The van der Waals surface area contributed by atoms with Gasteiger partial charge in [0.2, 0.25) is 0 Å². The van der Waals surface area contributed by atoms with Crippen LogP contribution in [0.1, 0.15) is 19.4 Å². The molecule has 0 aliphatic carbocycles. The molecule has 0 fully saturated rings. The minimum absolute atomic E-state index is 0.257. The Morgan fingerprint density at radius 3 is 2.60 bits per heavy atom. The molecule has 15 heavy (non-hydrogen) atoms. The molecule has 3 heteroatoms. The van der Waals surface area contributed by atoms with Crippen molar-refractivity contribution < 1.29 is 5.11 Å². The normalized spacial score (nSPS) is 13.1. The Bertz CT molecular complexity index is 264. The van der Waals surface area contributed by atoms with Crippen LogP contribution in [0.15, 0.2) is 24.5 Å². The number of aliphatic hydroxyl groups excluding tert-OH is 1. The third kappa shape index (κ3) is 4.40. The zero-order valence-electron chi connectivity index (χ0n) is 9.56. The van der Waals surface area contributed by atoms with Gasteiger partial charge in [-0.2, -0.15) is 0 Å². The Morgan fingerprint density at radius 1 is 1.40 bits per heavy atom. The molecule has 1 unspecified atom stereocenters. The fraction of sp³-hybridized carbons (Fsp3) is 0.583. The first-order chi connectivity index (χ1) is 7.26. The second-order valence-corrected chi connectivity index (χ2v) is 3.97. The molecule has 0 bridgehead atoms. The van der Waals surface area contributed by atoms with Crippen molar-refractivity contribution in [3.8, 4) is 0 Å². The molecule has 0 radical (unpaired) electrons. The van der Waals surface area contributed by atoms with Gasteiger partial charge in [-0.25, -0.2) is 0 Å². The smallest absolute Gasteiger partial charge is 0.0468 e. The second-order valence-electron chi connectivity index (χ2n) is 3.97. The highest BCUT2D eigenvalue weighted by atomic mass is 16.3. The summed E-state index contributed by atoms with van der Waals surface area (Å²) in [6.07, 6.45) is 3.64. The predicted molar refractivity (Wildman–Crippen MR) is 61.4 cm³/mol. The number of rotatable bonds is 6. The Morgan fingerprint density at radius 2 is 2.07 bits per heavy atom. The van der Waals surface area contributed by atoms with Crippen LogP contribution in [-0.4, -0.2) is 34.7 Å². The molecule has 1 N–H and O–H groups in total. The zero-order valence-corrected chi connectivity index (χ0v) is 9.56. The summed E-state index contributed by atoms with van der Waals surface area (Å²) < 4.78 is 0. The molecule has 1 aromatic rings. The average Bonchev–Trinajstić information content (AvgIpc) is 2.29. The monoisotopic (exact) mass is 208 g/mol. The zero-order chi connectivity index (χ0) is 11.1. The van der Waals surface area contributed by atoms with Crippen molar-refractivity contribution in [3.05, 3.63) is 30.1 Å². The first kappa shape index (κ1) is 12.1. The molecule has 1 heterocycles. The van der Waals surface area contributed by atoms with Crippen LogP contribution in [0.5, 0.6) is 0 Å². The lowest BCUT2D eigenvalue weighted by Gasteiger charge is -2.23. The molecule has 1 rings (SSSR count). The van der Waals surface area contributed by atoms with Crippen molar-refractivity contribution in [2.75, 3.05) is 19.7 Å². The third-order valence-corrected chi connectivity index (χ3v) is 2.48. The number of aromatic nitrogens is 1. The van der Waals surface area contributed by atoms with E-state index >= 15 is 0 Å². The average molecular weight is 208 g/mol. The summed E-state index contributed by atoms with van der Waals surface area (Å²) in [4.78, 5) is 6.33. The molecule has 0 aliphatic heterocycles. The van der Waals surface area contributed by atoms with E-state index < -0.39 is 0 Å². The molecule has 0 saturated carbocycles. The van der Waals surface area contributed by atoms with E-state index in [9.17, 15) is 0 Å². The van der Waals surface area contributed by atoms with Gasteiger partial charge in [-0.15, -0.1) is 0 Å². The maximum atomic E-state index is 9.01. The Hall–Kier alpha value is -0.930. The largest absolute Gasteiger partial charge is 0.396 e. The first-order valence-electron chi connectivity index (χ1n) is 5.48. The van der Waals surface area contributed by atoms with E-state index in [4.69, 9.17) is 5.11 Å². The maximum Gasteiger partial charge on any atom is 0.0468 e. The van der Waals surface area contributed by atoms with Gasteiger partial charge in [-0.3, -0.25) is 9.88 Å². The fourth-order valence-electron chi connectivity index (χ4n) is 1.55. The second kappa shape index (κ2) is 6.53. The highest BCUT2D eigenvalue weighted by Gasteiger charge is 2.08. The fourth-order valence-corrected chi connectivity index (χ4v) is 1.55. The van der Waals surface area contributed by atoms with Crippen molar-refractivity contribution in [3.63, 3.8) is 0 Å². The molecule has 1 aromatic heterocycles. The van der Waals surface area contributed by atoms with Gasteiger partial charge in [0.25, 0.3) is 0 Å². The molecule has 3 nitrogen and oxygen atoms in total. The van der Waals surface area contributed by atoms with Gasteiger partial charge < -0.3 is 5.11 Å². The third-order valence-electron chi connectivity index (χ3n) is 2.48. The van der Waals surface area contributed by atoms with Crippen LogP contribution in [0.2, 0.25) is 0 Å². The summed E-state index contributed by atoms with van der Waals surface area (Å²) in [6.45, 7) is 7.35. The van der Waals surface area contributed by atoms with Crippen LogP contribution in [0.4, 0.5) is 0 Å². The summed E-state index contributed by atoms with van der Waals surface area (Å²) in [7, 11) is 0. The molecule has 0 aromatic carbocycles. The van der Waals surface area contributed by atoms with E-state index in [1.54, 1.807) is 0 Å². The van der Waals surface area contributed by atoms with Gasteiger partial charge in [-0.05, 0) is 30.2 Å². The van der Waals surface area contributed by atoms with E-state index in [-0.39, 0.29) is 6.61 Å². The summed E-state index contributed by atoms with van der Waals surface area (Å²) in [5.41, 5.74) is 1.27. The number of pyridine rings is 1. The molecule has 0 aliphatic rings. The van der Waals surface area contributed by atoms with E-state index in [2.05, 4.69) is 23.7 Å². The van der Waals surface area contributed by atoms with Gasteiger partial charge in [0, 0.05) is 32.1 Å². The number of hydrogen-bond donors (Lipinski definition) is 1. The van der Waals surface area contributed by atoms with E-state index in [0.717, 1.165) is 19.6 Å². The summed E-state index contributed by atoms with van der Waals surface area (Å²) in [5, 5.41) is 9.01. The lowest BCUT2D eigenvalue weighted by Crippen LogP contribution is -2.29. The van der Waals surface area contributed by atoms with E-state index in [1.807, 2.05) is 24.5 Å². The molecule has 0 amide bonds. The van der Waals surface area contributed by atoms with E-state index in [1.165, 1.54) is 5.56 Å². The van der Waals surface area contributed by atoms with Gasteiger partial charge >= 0.3 is 0 Å². The van der Waals surface area contributed by atoms with Crippen LogP contribution < -0.4 is 0 Å². The standard InChI is InChI=1S/C12H20N2O/c1-3-14(8-11(2)10-15)9-12-4-6-13-7-5-12/h4-7,11,15H,3,8-10H2,1-2H3. The Kier molecular flexibility index (Phi) is 5.29. The molecule has 0 spiro atoms. The Labute approximate surface area is 91.8 Å². The van der Waals surface area contributed by atoms with Crippen molar-refractivity contribution in [2.45, 2.75) is 20.4 Å². The van der Waals surface area contributed by atoms with Crippen LogP contribution in [0.25, 0.3) is 0 Å². The minimum Gasteiger partial charge on any atom is -0.396 e. The SMILES string of the molecule is CCN(Cc1ccncc1)CC(C)CO. The predicted octanol–water partition coefficient (Wildman–Crippen LogP) is 1.53. The van der Waals surface area contributed by atoms with Crippen molar-refractivity contribution in [2.24, 2.45) is 5.92 Å². The van der Waals surface area contributed by atoms with Gasteiger partial charge in [-0.1, -0.05) is 13.8 Å². The summed E-state index contributed by atoms with van der Waals surface area (Å²) >= 11 is 0. The van der Waals surface area contributed by atoms with E-state index in [0.29, 0.717) is 5.92 Å². The summed E-state index contributed by atoms with van der Waals surface area (Å²) in [6, 6.07) is 4.07. The molecular weight excluding hydrogens is 188 g/mol. The molecule has 0 saturated heterocycles. The lowest BCUT2D eigenvalue weighted by atomic mass is 10.1. The number of hydrogen-bond acceptors (Lipinski definition) is 3. The topological polar surface area (TPSA) is 36.4 Å². The maximum absolute atomic E-state index is 9.01. The van der Waals surface area contributed by atoms with Gasteiger partial charge in [0.1, 0.15) is 0 Å². The van der Waals surface area contributed by atoms with Crippen molar-refractivity contribution in [1.82, 2.24) is 9.88 Å². The van der Waals surface area contributed by atoms with Crippen LogP contribution in [-0.2, 0) is 6.54 Å². The first-order valence-corrected chi connectivity index (χ1v) is 5.48. The number of aliphatic hydroxyl groups is 1.